The van der Waals surface area contributed by atoms with Crippen LogP contribution in [0, 0.1) is 0 Å². The number of methoxy groups -OCH3 is 1. The van der Waals surface area contributed by atoms with Crippen LogP contribution in [0.25, 0.3) is 11.3 Å². The molecular weight excluding hydrogens is 488 g/mol. The number of ether oxygens (including phenoxy) is 4. The van der Waals surface area contributed by atoms with Crippen molar-refractivity contribution in [3.8, 4) is 28.6 Å². The molecule has 1 fully saturated rings. The third-order valence-corrected chi connectivity index (χ3v) is 6.41. The average Bonchev–Trinajstić information content (AvgIpc) is 3.38. The summed E-state index contributed by atoms with van der Waals surface area (Å²) >= 11 is 0. The molecule has 1 saturated carbocycles. The number of urea groups is 1. The topological polar surface area (TPSA) is 120 Å². The molecule has 3 aromatic rings. The van der Waals surface area contributed by atoms with Crippen molar-refractivity contribution in [2.24, 2.45) is 0 Å². The lowest BCUT2D eigenvalue weighted by atomic mass is 10.1. The number of nitrogens with one attached hydrogen (secondary N) is 3. The molecule has 0 bridgehead atoms. The number of para-hydroxylation sites is 1. The van der Waals surface area contributed by atoms with Crippen molar-refractivity contribution in [1.82, 2.24) is 15.6 Å². The Hall–Kier alpha value is -4.47. The number of carbonyl (C=O) groups excluding carboxylic acids is 2. The molecule has 0 spiro atoms. The first-order valence-electron chi connectivity index (χ1n) is 12.6. The molecule has 0 saturated heterocycles. The quantitative estimate of drug-likeness (QED) is 0.421. The fourth-order valence-corrected chi connectivity index (χ4v) is 4.62. The molecule has 38 heavy (non-hydrogen) atoms. The van der Waals surface area contributed by atoms with Crippen LogP contribution in [0.15, 0.2) is 60.7 Å². The highest BCUT2D eigenvalue weighted by atomic mass is 16.6. The van der Waals surface area contributed by atoms with Crippen molar-refractivity contribution in [2.75, 3.05) is 25.6 Å². The first kappa shape index (κ1) is 25.2. The Morgan fingerprint density at radius 2 is 1.76 bits per heavy atom. The van der Waals surface area contributed by atoms with Gasteiger partial charge in [-0.05, 0) is 43.0 Å². The van der Waals surface area contributed by atoms with Crippen LogP contribution in [0.5, 0.6) is 17.4 Å². The van der Waals surface area contributed by atoms with E-state index in [-0.39, 0.29) is 24.7 Å². The van der Waals surface area contributed by atoms with E-state index in [2.05, 4.69) is 20.9 Å². The summed E-state index contributed by atoms with van der Waals surface area (Å²) < 4.78 is 22.2. The Bertz CT molecular complexity index is 1290. The van der Waals surface area contributed by atoms with Gasteiger partial charge in [-0.3, -0.25) is 0 Å². The molecule has 2 heterocycles. The van der Waals surface area contributed by atoms with Crippen molar-refractivity contribution in [3.63, 3.8) is 0 Å². The van der Waals surface area contributed by atoms with Crippen LogP contribution in [0.2, 0.25) is 0 Å². The molecule has 1 aromatic heterocycles. The van der Waals surface area contributed by atoms with Gasteiger partial charge in [-0.15, -0.1) is 0 Å². The zero-order valence-corrected chi connectivity index (χ0v) is 21.1. The van der Waals surface area contributed by atoms with E-state index in [1.165, 1.54) is 7.11 Å². The minimum atomic E-state index is -0.460. The molecule has 2 aromatic carbocycles. The number of fused-ring (bicyclic) bond motifs is 1. The second-order valence-electron chi connectivity index (χ2n) is 9.12. The molecule has 0 unspecified atom stereocenters. The van der Waals surface area contributed by atoms with E-state index < -0.39 is 6.09 Å². The van der Waals surface area contributed by atoms with Gasteiger partial charge in [0, 0.05) is 29.4 Å². The Balaban J connectivity index is 1.16. The number of hydrogen-bond acceptors (Lipinski definition) is 7. The highest BCUT2D eigenvalue weighted by Gasteiger charge is 2.27. The third-order valence-electron chi connectivity index (χ3n) is 6.41. The highest BCUT2D eigenvalue weighted by molar-refractivity contribution is 5.90. The summed E-state index contributed by atoms with van der Waals surface area (Å²) in [7, 11) is 1.52. The van der Waals surface area contributed by atoms with Gasteiger partial charge < -0.3 is 34.9 Å². The van der Waals surface area contributed by atoms with E-state index in [9.17, 15) is 9.59 Å². The van der Waals surface area contributed by atoms with Gasteiger partial charge in [0.15, 0.2) is 11.5 Å². The Morgan fingerprint density at radius 3 is 2.58 bits per heavy atom. The van der Waals surface area contributed by atoms with Crippen LogP contribution >= 0.6 is 0 Å². The molecule has 3 amide bonds. The van der Waals surface area contributed by atoms with E-state index in [1.807, 2.05) is 48.5 Å². The predicted octanol–water partition coefficient (Wildman–Crippen LogP) is 4.50. The van der Waals surface area contributed by atoms with E-state index in [1.54, 1.807) is 12.1 Å². The predicted molar refractivity (Wildman–Crippen MR) is 141 cm³/mol. The molecule has 198 valence electrons. The monoisotopic (exact) mass is 518 g/mol. The third kappa shape index (κ3) is 6.26. The fourth-order valence-electron chi connectivity index (χ4n) is 4.62. The number of alkyl carbamates (subject to hydrolysis) is 1. The summed E-state index contributed by atoms with van der Waals surface area (Å²) in [5.74, 6) is 1.62. The van der Waals surface area contributed by atoms with Crippen molar-refractivity contribution in [3.05, 3.63) is 66.2 Å². The van der Waals surface area contributed by atoms with Crippen LogP contribution in [-0.4, -0.2) is 49.5 Å². The number of rotatable bonds is 7. The van der Waals surface area contributed by atoms with Gasteiger partial charge in [-0.1, -0.05) is 36.4 Å². The van der Waals surface area contributed by atoms with Crippen molar-refractivity contribution < 1.29 is 28.5 Å². The van der Waals surface area contributed by atoms with Gasteiger partial charge in [0.2, 0.25) is 5.88 Å². The van der Waals surface area contributed by atoms with Crippen LogP contribution in [-0.2, 0) is 11.3 Å². The van der Waals surface area contributed by atoms with Crippen molar-refractivity contribution >= 4 is 17.8 Å². The van der Waals surface area contributed by atoms with E-state index in [0.29, 0.717) is 48.4 Å². The summed E-state index contributed by atoms with van der Waals surface area (Å²) in [6.07, 6.45) is 1.65. The number of aromatic nitrogens is 1. The van der Waals surface area contributed by atoms with Crippen molar-refractivity contribution in [2.45, 2.75) is 38.0 Å². The van der Waals surface area contributed by atoms with Gasteiger partial charge in [0.25, 0.3) is 0 Å². The first-order chi connectivity index (χ1) is 18.6. The number of anilines is 1. The normalized spacial score (nSPS) is 17.8. The van der Waals surface area contributed by atoms with Gasteiger partial charge in [-0.2, -0.15) is 0 Å². The van der Waals surface area contributed by atoms with Crippen LogP contribution in [0.4, 0.5) is 15.3 Å². The number of amides is 3. The summed E-state index contributed by atoms with van der Waals surface area (Å²) in [5.41, 5.74) is 2.78. The molecule has 10 heteroatoms. The largest absolute Gasteiger partial charge is 0.486 e. The van der Waals surface area contributed by atoms with Gasteiger partial charge in [0.05, 0.1) is 12.8 Å². The molecule has 10 nitrogen and oxygen atoms in total. The second-order valence-corrected chi connectivity index (χ2v) is 9.12. The van der Waals surface area contributed by atoms with E-state index in [0.717, 1.165) is 24.0 Å². The van der Waals surface area contributed by atoms with Gasteiger partial charge in [-0.25, -0.2) is 14.6 Å². The minimum Gasteiger partial charge on any atom is -0.486 e. The van der Waals surface area contributed by atoms with Gasteiger partial charge >= 0.3 is 12.1 Å². The highest BCUT2D eigenvalue weighted by Crippen LogP contribution is 2.40. The number of carbonyl (C=O) groups is 2. The van der Waals surface area contributed by atoms with Crippen LogP contribution < -0.4 is 30.2 Å². The van der Waals surface area contributed by atoms with Crippen LogP contribution in [0.1, 0.15) is 24.8 Å². The maximum Gasteiger partial charge on any atom is 0.407 e. The molecule has 2 aliphatic rings. The molecule has 1 aliphatic carbocycles. The lowest BCUT2D eigenvalue weighted by molar-refractivity contribution is 0.135. The molecule has 1 aliphatic heterocycles. The maximum atomic E-state index is 12.8. The fraction of sp³-hybridized carbons (Fsp3) is 0.321. The number of nitrogens with zero attached hydrogens (tertiary/aromatic N) is 1. The SMILES string of the molecule is COc1cc(NC(=O)N[C@@H]2CC[C@H](NC(=O)OCc3ccccc3)C2)cc(-c2cccc3c2OCCO3)n1. The zero-order valence-electron chi connectivity index (χ0n) is 21.1. The first-order valence-corrected chi connectivity index (χ1v) is 12.6. The smallest absolute Gasteiger partial charge is 0.407 e. The molecule has 3 N–H and O–H groups in total. The minimum absolute atomic E-state index is 0.0670. The van der Waals surface area contributed by atoms with E-state index >= 15 is 0 Å². The second kappa shape index (κ2) is 11.7. The number of benzene rings is 2. The molecular formula is C28H30N4O6. The summed E-state index contributed by atoms with van der Waals surface area (Å²) in [4.78, 5) is 29.5. The lowest BCUT2D eigenvalue weighted by Crippen LogP contribution is -2.39. The maximum absolute atomic E-state index is 12.8. The molecule has 5 rings (SSSR count). The number of hydrogen-bond donors (Lipinski definition) is 3. The van der Waals surface area contributed by atoms with Crippen LogP contribution in [0.3, 0.4) is 0 Å². The number of pyridine rings is 1. The van der Waals surface area contributed by atoms with E-state index in [4.69, 9.17) is 18.9 Å². The summed E-state index contributed by atoms with van der Waals surface area (Å²) in [6.45, 7) is 1.15. The standard InChI is InChI=1S/C28H30N4O6/c1-35-25-16-21(15-23(32-25)22-8-5-9-24-26(22)37-13-12-36-24)30-27(33)29-19-10-11-20(14-19)31-28(34)38-17-18-6-3-2-4-7-18/h2-9,15-16,19-20H,10-14,17H2,1H3,(H,31,34)(H2,29,30,32,33)/t19-,20+/m1/s1. The Morgan fingerprint density at radius 1 is 0.974 bits per heavy atom. The Labute approximate surface area is 220 Å². The lowest BCUT2D eigenvalue weighted by Gasteiger charge is -2.21. The summed E-state index contributed by atoms with van der Waals surface area (Å²) in [5, 5.41) is 8.75. The molecule has 0 radical (unpaired) electrons. The Kier molecular flexibility index (Phi) is 7.77. The van der Waals surface area contributed by atoms with Crippen molar-refractivity contribution in [1.29, 1.82) is 0 Å². The zero-order chi connectivity index (χ0) is 26.3. The molecule has 2 atom stereocenters. The average molecular weight is 519 g/mol. The van der Waals surface area contributed by atoms with Gasteiger partial charge in [0.1, 0.15) is 19.8 Å². The summed E-state index contributed by atoms with van der Waals surface area (Å²) in [6, 6.07) is 18.0.